The zero-order chi connectivity index (χ0) is 21.3. The number of carbonyl (C=O) groups is 1. The lowest BCUT2D eigenvalue weighted by Gasteiger charge is -2.15. The van der Waals surface area contributed by atoms with Crippen molar-refractivity contribution in [3.05, 3.63) is 81.9 Å². The summed E-state index contributed by atoms with van der Waals surface area (Å²) in [5.41, 5.74) is 3.20. The lowest BCUT2D eigenvalue weighted by molar-refractivity contribution is 0.0897. The van der Waals surface area contributed by atoms with E-state index in [4.69, 9.17) is 9.72 Å². The second-order valence-corrected chi connectivity index (χ2v) is 7.47. The van der Waals surface area contributed by atoms with Crippen LogP contribution in [0.15, 0.2) is 59.5 Å². The van der Waals surface area contributed by atoms with Gasteiger partial charge in [-0.1, -0.05) is 36.4 Å². The van der Waals surface area contributed by atoms with Gasteiger partial charge in [0.15, 0.2) is 0 Å². The minimum absolute atomic E-state index is 0.166. The Bertz CT molecular complexity index is 1270. The normalized spacial score (nSPS) is 12.4. The van der Waals surface area contributed by atoms with E-state index in [1.54, 1.807) is 19.4 Å². The highest BCUT2D eigenvalue weighted by atomic mass is 16.5. The third kappa shape index (κ3) is 3.59. The van der Waals surface area contributed by atoms with Crippen LogP contribution in [-0.2, 0) is 11.3 Å². The SMILES string of the molecule is COCC(C)NC(=O)c1cc2c(=O)n3cccc(C)c3nc2n1Cc1ccccc1. The molecule has 1 atom stereocenters. The van der Waals surface area contributed by atoms with Gasteiger partial charge in [0, 0.05) is 25.9 Å². The summed E-state index contributed by atoms with van der Waals surface area (Å²) in [6.07, 6.45) is 1.70. The van der Waals surface area contributed by atoms with Gasteiger partial charge in [-0.05, 0) is 37.1 Å². The largest absolute Gasteiger partial charge is 0.383 e. The van der Waals surface area contributed by atoms with Gasteiger partial charge in [-0.3, -0.25) is 14.0 Å². The number of benzene rings is 1. The quantitative estimate of drug-likeness (QED) is 0.536. The summed E-state index contributed by atoms with van der Waals surface area (Å²) in [7, 11) is 1.59. The molecule has 0 aliphatic heterocycles. The molecule has 7 nitrogen and oxygen atoms in total. The van der Waals surface area contributed by atoms with Crippen LogP contribution < -0.4 is 10.9 Å². The number of carbonyl (C=O) groups excluding carboxylic acids is 1. The van der Waals surface area contributed by atoms with Crippen LogP contribution in [0.25, 0.3) is 16.7 Å². The second-order valence-electron chi connectivity index (χ2n) is 7.47. The van der Waals surface area contributed by atoms with Gasteiger partial charge >= 0.3 is 0 Å². The number of ether oxygens (including phenoxy) is 1. The molecule has 0 saturated heterocycles. The van der Waals surface area contributed by atoms with Crippen LogP contribution in [0.5, 0.6) is 0 Å². The molecule has 1 amide bonds. The number of nitrogens with one attached hydrogen (secondary N) is 1. The van der Waals surface area contributed by atoms with Crippen LogP contribution in [0.2, 0.25) is 0 Å². The molecule has 7 heteroatoms. The number of aryl methyl sites for hydroxylation is 1. The van der Waals surface area contributed by atoms with Gasteiger partial charge in [-0.15, -0.1) is 0 Å². The maximum atomic E-state index is 13.2. The van der Waals surface area contributed by atoms with Gasteiger partial charge in [-0.25, -0.2) is 4.98 Å². The summed E-state index contributed by atoms with van der Waals surface area (Å²) < 4.78 is 8.46. The third-order valence-electron chi connectivity index (χ3n) is 5.10. The first-order valence-corrected chi connectivity index (χ1v) is 9.84. The van der Waals surface area contributed by atoms with E-state index in [-0.39, 0.29) is 17.5 Å². The van der Waals surface area contributed by atoms with Gasteiger partial charge in [0.2, 0.25) is 0 Å². The molecular weight excluding hydrogens is 380 g/mol. The van der Waals surface area contributed by atoms with E-state index in [0.29, 0.717) is 35.5 Å². The Labute approximate surface area is 173 Å². The van der Waals surface area contributed by atoms with Gasteiger partial charge in [0.1, 0.15) is 17.0 Å². The Kier molecular flexibility index (Phi) is 5.37. The molecule has 4 aromatic rings. The van der Waals surface area contributed by atoms with E-state index >= 15 is 0 Å². The van der Waals surface area contributed by atoms with Crippen LogP contribution in [0.3, 0.4) is 0 Å². The van der Waals surface area contributed by atoms with E-state index in [9.17, 15) is 9.59 Å². The second kappa shape index (κ2) is 8.12. The van der Waals surface area contributed by atoms with E-state index in [1.165, 1.54) is 4.40 Å². The fourth-order valence-corrected chi connectivity index (χ4v) is 3.66. The molecule has 4 rings (SSSR count). The molecule has 1 N–H and O–H groups in total. The molecule has 0 bridgehead atoms. The average Bonchev–Trinajstić information content (AvgIpc) is 3.09. The third-order valence-corrected chi connectivity index (χ3v) is 5.10. The fraction of sp³-hybridized carbons (Fsp3) is 0.261. The predicted octanol–water partition coefficient (Wildman–Crippen LogP) is 2.77. The highest BCUT2D eigenvalue weighted by Gasteiger charge is 2.21. The average molecular weight is 404 g/mol. The number of methoxy groups -OCH3 is 1. The lowest BCUT2D eigenvalue weighted by Crippen LogP contribution is -2.36. The topological polar surface area (TPSA) is 77.6 Å². The van der Waals surface area contributed by atoms with Crippen molar-refractivity contribution >= 4 is 22.6 Å². The van der Waals surface area contributed by atoms with Crippen molar-refractivity contribution < 1.29 is 9.53 Å². The van der Waals surface area contributed by atoms with Crippen LogP contribution >= 0.6 is 0 Å². The molecule has 1 unspecified atom stereocenters. The first kappa shape index (κ1) is 19.8. The van der Waals surface area contributed by atoms with Crippen LogP contribution in [0.1, 0.15) is 28.5 Å². The molecule has 30 heavy (non-hydrogen) atoms. The van der Waals surface area contributed by atoms with Crippen molar-refractivity contribution in [2.75, 3.05) is 13.7 Å². The zero-order valence-electron chi connectivity index (χ0n) is 17.3. The summed E-state index contributed by atoms with van der Waals surface area (Å²) in [4.78, 5) is 31.0. The number of pyridine rings is 1. The Morgan fingerprint density at radius 3 is 2.67 bits per heavy atom. The Morgan fingerprint density at radius 2 is 1.93 bits per heavy atom. The van der Waals surface area contributed by atoms with E-state index in [1.807, 2.05) is 60.9 Å². The minimum atomic E-state index is -0.265. The van der Waals surface area contributed by atoms with Crippen molar-refractivity contribution in [2.24, 2.45) is 0 Å². The number of rotatable bonds is 6. The molecule has 154 valence electrons. The summed E-state index contributed by atoms with van der Waals surface area (Å²) in [5, 5.41) is 3.35. The number of nitrogens with zero attached hydrogens (tertiary/aromatic N) is 3. The summed E-state index contributed by atoms with van der Waals surface area (Å²) in [5.74, 6) is -0.265. The first-order chi connectivity index (χ1) is 14.5. The highest BCUT2D eigenvalue weighted by Crippen LogP contribution is 2.20. The smallest absolute Gasteiger partial charge is 0.268 e. The maximum Gasteiger partial charge on any atom is 0.268 e. The Hall–Kier alpha value is -3.45. The fourth-order valence-electron chi connectivity index (χ4n) is 3.66. The molecule has 0 aliphatic carbocycles. The lowest BCUT2D eigenvalue weighted by atomic mass is 10.2. The molecule has 0 fully saturated rings. The molecule has 0 radical (unpaired) electrons. The van der Waals surface area contributed by atoms with Crippen molar-refractivity contribution in [1.29, 1.82) is 0 Å². The molecular formula is C23H24N4O3. The molecule has 0 aliphatic rings. The van der Waals surface area contributed by atoms with Crippen LogP contribution in [0, 0.1) is 6.92 Å². The van der Waals surface area contributed by atoms with Crippen LogP contribution in [0.4, 0.5) is 0 Å². The van der Waals surface area contributed by atoms with Gasteiger partial charge in [-0.2, -0.15) is 0 Å². The van der Waals surface area contributed by atoms with E-state index < -0.39 is 0 Å². The first-order valence-electron chi connectivity index (χ1n) is 9.84. The summed E-state index contributed by atoms with van der Waals surface area (Å²) >= 11 is 0. The summed E-state index contributed by atoms with van der Waals surface area (Å²) in [6.45, 7) is 4.61. The monoisotopic (exact) mass is 404 g/mol. The number of hydrogen-bond acceptors (Lipinski definition) is 4. The molecule has 3 heterocycles. The predicted molar refractivity (Wildman–Crippen MR) is 116 cm³/mol. The van der Waals surface area contributed by atoms with Crippen molar-refractivity contribution in [3.8, 4) is 0 Å². The molecule has 0 saturated carbocycles. The number of amides is 1. The maximum absolute atomic E-state index is 13.2. The van der Waals surface area contributed by atoms with Crippen molar-refractivity contribution in [2.45, 2.75) is 26.4 Å². The minimum Gasteiger partial charge on any atom is -0.383 e. The van der Waals surface area contributed by atoms with Crippen molar-refractivity contribution in [3.63, 3.8) is 0 Å². The van der Waals surface area contributed by atoms with E-state index in [2.05, 4.69) is 5.32 Å². The number of fused-ring (bicyclic) bond motifs is 2. The van der Waals surface area contributed by atoms with E-state index in [0.717, 1.165) is 11.1 Å². The van der Waals surface area contributed by atoms with Crippen LogP contribution in [-0.4, -0.2) is 39.6 Å². The summed E-state index contributed by atoms with van der Waals surface area (Å²) in [6, 6.07) is 15.0. The molecule has 1 aromatic carbocycles. The Morgan fingerprint density at radius 1 is 1.17 bits per heavy atom. The molecule has 3 aromatic heterocycles. The van der Waals surface area contributed by atoms with Gasteiger partial charge < -0.3 is 14.6 Å². The standard InChI is InChI=1S/C23H24N4O3/c1-15-8-7-11-26-20(15)25-21-18(23(26)29)12-19(22(28)24-16(2)14-30-3)27(21)13-17-9-5-4-6-10-17/h4-12,16H,13-14H2,1-3H3,(H,24,28). The highest BCUT2D eigenvalue weighted by molar-refractivity contribution is 5.98. The van der Waals surface area contributed by atoms with Crippen molar-refractivity contribution in [1.82, 2.24) is 19.3 Å². The van der Waals surface area contributed by atoms with Gasteiger partial charge in [0.25, 0.3) is 11.5 Å². The number of aromatic nitrogens is 3. The molecule has 0 spiro atoms. The van der Waals surface area contributed by atoms with Gasteiger partial charge in [0.05, 0.1) is 12.0 Å². The zero-order valence-corrected chi connectivity index (χ0v) is 17.3. The Balaban J connectivity index is 1.93. The number of hydrogen-bond donors (Lipinski definition) is 1.